The van der Waals surface area contributed by atoms with E-state index in [1.54, 1.807) is 0 Å². The Kier molecular flexibility index (Phi) is 4.22. The van der Waals surface area contributed by atoms with Crippen LogP contribution in [0.1, 0.15) is 18.5 Å². The van der Waals surface area contributed by atoms with Gasteiger partial charge in [-0.1, -0.05) is 0 Å². The number of anilines is 1. The van der Waals surface area contributed by atoms with E-state index >= 15 is 0 Å². The van der Waals surface area contributed by atoms with Crippen LogP contribution < -0.4 is 4.90 Å². The number of hydrogen-bond donors (Lipinski definition) is 0. The Morgan fingerprint density at radius 1 is 1.00 bits per heavy atom. The molecule has 1 aromatic rings. The third kappa shape index (κ3) is 3.13. The van der Waals surface area contributed by atoms with Crippen molar-refractivity contribution >= 4 is 5.69 Å². The van der Waals surface area contributed by atoms with Crippen molar-refractivity contribution in [3.63, 3.8) is 0 Å². The van der Waals surface area contributed by atoms with Crippen molar-refractivity contribution in [1.82, 2.24) is 14.8 Å². The predicted octanol–water partition coefficient (Wildman–Crippen LogP) is 1.61. The number of piperidine rings is 1. The maximum absolute atomic E-state index is 4.41. The molecule has 0 aliphatic carbocycles. The lowest BCUT2D eigenvalue weighted by Gasteiger charge is -2.42. The van der Waals surface area contributed by atoms with Gasteiger partial charge >= 0.3 is 0 Å². The van der Waals surface area contributed by atoms with Crippen LogP contribution in [0.2, 0.25) is 0 Å². The molecule has 2 aliphatic rings. The SMILES string of the molecule is Cc1ccc(N2CCN(C3CCN(C)CC3)CC2)cn1. The first kappa shape index (κ1) is 13.8. The van der Waals surface area contributed by atoms with Gasteiger partial charge in [0.05, 0.1) is 11.9 Å². The van der Waals surface area contributed by atoms with Crippen LogP contribution in [0.15, 0.2) is 18.3 Å². The molecule has 4 nitrogen and oxygen atoms in total. The Morgan fingerprint density at radius 3 is 2.30 bits per heavy atom. The van der Waals surface area contributed by atoms with Crippen LogP contribution in [0, 0.1) is 6.92 Å². The third-order valence-corrected chi connectivity index (χ3v) is 4.78. The fourth-order valence-electron chi connectivity index (χ4n) is 3.35. The Morgan fingerprint density at radius 2 is 1.70 bits per heavy atom. The summed E-state index contributed by atoms with van der Waals surface area (Å²) >= 11 is 0. The highest BCUT2D eigenvalue weighted by Gasteiger charge is 2.26. The van der Waals surface area contributed by atoms with Gasteiger partial charge < -0.3 is 9.80 Å². The molecule has 20 heavy (non-hydrogen) atoms. The van der Waals surface area contributed by atoms with Gasteiger partial charge in [0, 0.05) is 37.9 Å². The maximum Gasteiger partial charge on any atom is 0.0553 e. The van der Waals surface area contributed by atoms with Gasteiger partial charge in [0.15, 0.2) is 0 Å². The average molecular weight is 274 g/mol. The fourth-order valence-corrected chi connectivity index (χ4v) is 3.35. The zero-order valence-electron chi connectivity index (χ0n) is 12.8. The van der Waals surface area contributed by atoms with Gasteiger partial charge in [-0.2, -0.15) is 0 Å². The van der Waals surface area contributed by atoms with E-state index in [4.69, 9.17) is 0 Å². The molecule has 0 saturated carbocycles. The van der Waals surface area contributed by atoms with E-state index in [-0.39, 0.29) is 0 Å². The number of hydrogen-bond acceptors (Lipinski definition) is 4. The molecule has 1 aromatic heterocycles. The van der Waals surface area contributed by atoms with Crippen molar-refractivity contribution in [2.75, 3.05) is 51.2 Å². The minimum absolute atomic E-state index is 0.810. The molecule has 0 unspecified atom stereocenters. The highest BCUT2D eigenvalue weighted by Crippen LogP contribution is 2.20. The van der Waals surface area contributed by atoms with Crippen LogP contribution in [0.3, 0.4) is 0 Å². The second kappa shape index (κ2) is 6.10. The standard InChI is InChI=1S/C16H26N4/c1-14-3-4-16(13-17-14)20-11-9-19(10-12-20)15-5-7-18(2)8-6-15/h3-4,13,15H,5-12H2,1-2H3. The molecule has 0 spiro atoms. The molecule has 2 saturated heterocycles. The van der Waals surface area contributed by atoms with Crippen molar-refractivity contribution in [2.24, 2.45) is 0 Å². The number of aryl methyl sites for hydroxylation is 1. The quantitative estimate of drug-likeness (QED) is 0.817. The summed E-state index contributed by atoms with van der Waals surface area (Å²) in [6.07, 6.45) is 4.69. The summed E-state index contributed by atoms with van der Waals surface area (Å²) in [6, 6.07) is 5.12. The van der Waals surface area contributed by atoms with Crippen LogP contribution >= 0.6 is 0 Å². The number of nitrogens with zero attached hydrogens (tertiary/aromatic N) is 4. The second-order valence-electron chi connectivity index (χ2n) is 6.22. The van der Waals surface area contributed by atoms with Crippen molar-refractivity contribution in [1.29, 1.82) is 0 Å². The second-order valence-corrected chi connectivity index (χ2v) is 6.22. The van der Waals surface area contributed by atoms with E-state index in [0.717, 1.165) is 24.8 Å². The summed E-state index contributed by atoms with van der Waals surface area (Å²) in [4.78, 5) is 12.0. The lowest BCUT2D eigenvalue weighted by atomic mass is 10.0. The average Bonchev–Trinajstić information content (AvgIpc) is 2.49. The molecule has 0 amide bonds. The van der Waals surface area contributed by atoms with Gasteiger partial charge in [-0.3, -0.25) is 9.88 Å². The molecule has 3 rings (SSSR count). The van der Waals surface area contributed by atoms with E-state index in [1.807, 2.05) is 13.1 Å². The van der Waals surface area contributed by atoms with Crippen LogP contribution in [-0.2, 0) is 0 Å². The minimum atomic E-state index is 0.810. The van der Waals surface area contributed by atoms with Crippen LogP contribution in [-0.4, -0.2) is 67.1 Å². The lowest BCUT2D eigenvalue weighted by molar-refractivity contribution is 0.115. The van der Waals surface area contributed by atoms with E-state index < -0.39 is 0 Å². The molecule has 2 aliphatic heterocycles. The first-order valence-electron chi connectivity index (χ1n) is 7.82. The van der Waals surface area contributed by atoms with Crippen molar-refractivity contribution < 1.29 is 0 Å². The largest absolute Gasteiger partial charge is 0.368 e. The summed E-state index contributed by atoms with van der Waals surface area (Å²) in [5.74, 6) is 0. The molecule has 0 atom stereocenters. The lowest BCUT2D eigenvalue weighted by Crippen LogP contribution is -2.53. The smallest absolute Gasteiger partial charge is 0.0553 e. The van der Waals surface area contributed by atoms with E-state index in [9.17, 15) is 0 Å². The number of likely N-dealkylation sites (tertiary alicyclic amines) is 1. The number of pyridine rings is 1. The molecular formula is C16H26N4. The summed E-state index contributed by atoms with van der Waals surface area (Å²) in [5, 5.41) is 0. The minimum Gasteiger partial charge on any atom is -0.368 e. The van der Waals surface area contributed by atoms with Crippen LogP contribution in [0.25, 0.3) is 0 Å². The maximum atomic E-state index is 4.41. The Labute approximate surface area is 122 Å². The first-order valence-corrected chi connectivity index (χ1v) is 7.82. The van der Waals surface area contributed by atoms with Crippen molar-refractivity contribution in [3.8, 4) is 0 Å². The normalized spacial score (nSPS) is 23.2. The predicted molar refractivity (Wildman–Crippen MR) is 83.3 cm³/mol. The zero-order chi connectivity index (χ0) is 13.9. The summed E-state index contributed by atoms with van der Waals surface area (Å²) < 4.78 is 0. The van der Waals surface area contributed by atoms with E-state index in [0.29, 0.717) is 0 Å². The monoisotopic (exact) mass is 274 g/mol. The first-order chi connectivity index (χ1) is 9.72. The Balaban J connectivity index is 1.53. The van der Waals surface area contributed by atoms with Crippen molar-refractivity contribution in [3.05, 3.63) is 24.0 Å². The Bertz CT molecular complexity index is 415. The molecule has 0 aromatic carbocycles. The highest BCUT2D eigenvalue weighted by atomic mass is 15.3. The summed E-state index contributed by atoms with van der Waals surface area (Å²) in [5.41, 5.74) is 2.37. The van der Waals surface area contributed by atoms with Gasteiger partial charge in [0.25, 0.3) is 0 Å². The molecule has 3 heterocycles. The van der Waals surface area contributed by atoms with Gasteiger partial charge in [0.2, 0.25) is 0 Å². The van der Waals surface area contributed by atoms with Gasteiger partial charge in [-0.25, -0.2) is 0 Å². The third-order valence-electron chi connectivity index (χ3n) is 4.78. The van der Waals surface area contributed by atoms with Gasteiger partial charge in [-0.15, -0.1) is 0 Å². The molecule has 0 radical (unpaired) electrons. The molecule has 2 fully saturated rings. The summed E-state index contributed by atoms with van der Waals surface area (Å²) in [6.45, 7) is 9.22. The number of aromatic nitrogens is 1. The molecular weight excluding hydrogens is 248 g/mol. The van der Waals surface area contributed by atoms with Crippen LogP contribution in [0.4, 0.5) is 5.69 Å². The fraction of sp³-hybridized carbons (Fsp3) is 0.688. The Hall–Kier alpha value is -1.13. The highest BCUT2D eigenvalue weighted by molar-refractivity contribution is 5.44. The molecule has 0 N–H and O–H groups in total. The van der Waals surface area contributed by atoms with Gasteiger partial charge in [0.1, 0.15) is 0 Å². The molecule has 0 bridgehead atoms. The van der Waals surface area contributed by atoms with E-state index in [1.165, 1.54) is 44.7 Å². The van der Waals surface area contributed by atoms with Gasteiger partial charge in [-0.05, 0) is 52.0 Å². The topological polar surface area (TPSA) is 22.6 Å². The van der Waals surface area contributed by atoms with E-state index in [2.05, 4.69) is 38.9 Å². The molecule has 4 heteroatoms. The number of rotatable bonds is 2. The van der Waals surface area contributed by atoms with Crippen LogP contribution in [0.5, 0.6) is 0 Å². The molecule has 110 valence electrons. The van der Waals surface area contributed by atoms with Crippen molar-refractivity contribution in [2.45, 2.75) is 25.8 Å². The summed E-state index contributed by atoms with van der Waals surface area (Å²) in [7, 11) is 2.23. The number of piperazine rings is 1. The zero-order valence-corrected chi connectivity index (χ0v) is 12.8.